The van der Waals surface area contributed by atoms with Crippen molar-refractivity contribution in [2.75, 3.05) is 19.7 Å². The summed E-state index contributed by atoms with van der Waals surface area (Å²) in [6.07, 6.45) is 6.43. The van der Waals surface area contributed by atoms with Crippen LogP contribution in [-0.4, -0.2) is 45.2 Å². The fourth-order valence-electron chi connectivity index (χ4n) is 3.12. The molecule has 0 radical (unpaired) electrons. The van der Waals surface area contributed by atoms with Gasteiger partial charge < -0.3 is 15.0 Å². The summed E-state index contributed by atoms with van der Waals surface area (Å²) >= 11 is 0. The third-order valence-corrected chi connectivity index (χ3v) is 4.63. The van der Waals surface area contributed by atoms with E-state index in [-0.39, 0.29) is 11.8 Å². The first-order chi connectivity index (χ1) is 13.7. The largest absolute Gasteiger partial charge is 0.370 e. The number of pyridine rings is 1. The van der Waals surface area contributed by atoms with Crippen LogP contribution in [0.1, 0.15) is 17.2 Å². The van der Waals surface area contributed by atoms with Crippen LogP contribution in [0.15, 0.2) is 61.3 Å². The number of halogens is 1. The SMILES string of the molecule is O=C(NCc1ccc(-n2ccnc2)nc1)N1CCOC(c2ccccc2F)C1. The van der Waals surface area contributed by atoms with Gasteiger partial charge in [0.15, 0.2) is 0 Å². The van der Waals surface area contributed by atoms with Crippen molar-refractivity contribution in [3.63, 3.8) is 0 Å². The fourth-order valence-corrected chi connectivity index (χ4v) is 3.12. The normalized spacial score (nSPS) is 16.8. The van der Waals surface area contributed by atoms with E-state index in [4.69, 9.17) is 4.74 Å². The zero-order valence-electron chi connectivity index (χ0n) is 15.2. The van der Waals surface area contributed by atoms with Gasteiger partial charge in [-0.05, 0) is 17.7 Å². The van der Waals surface area contributed by atoms with Crippen LogP contribution < -0.4 is 5.32 Å². The van der Waals surface area contributed by atoms with Crippen molar-refractivity contribution in [3.8, 4) is 5.82 Å². The van der Waals surface area contributed by atoms with Gasteiger partial charge in [-0.2, -0.15) is 0 Å². The number of imidazole rings is 1. The maximum Gasteiger partial charge on any atom is 0.317 e. The lowest BCUT2D eigenvalue weighted by molar-refractivity contribution is -0.0171. The second-order valence-corrected chi connectivity index (χ2v) is 6.48. The van der Waals surface area contributed by atoms with E-state index < -0.39 is 6.10 Å². The van der Waals surface area contributed by atoms with Gasteiger partial charge in [0.2, 0.25) is 0 Å². The number of nitrogens with one attached hydrogen (secondary N) is 1. The maximum absolute atomic E-state index is 14.0. The molecule has 1 atom stereocenters. The molecule has 1 saturated heterocycles. The molecule has 1 aliphatic heterocycles. The first-order valence-corrected chi connectivity index (χ1v) is 9.03. The van der Waals surface area contributed by atoms with Crippen LogP contribution in [0.3, 0.4) is 0 Å². The number of hydrogen-bond acceptors (Lipinski definition) is 4. The van der Waals surface area contributed by atoms with Crippen LogP contribution in [0.25, 0.3) is 5.82 Å². The number of benzene rings is 1. The first-order valence-electron chi connectivity index (χ1n) is 9.03. The highest BCUT2D eigenvalue weighted by molar-refractivity contribution is 5.74. The minimum atomic E-state index is -0.461. The van der Waals surface area contributed by atoms with Gasteiger partial charge in [-0.1, -0.05) is 24.3 Å². The smallest absolute Gasteiger partial charge is 0.317 e. The van der Waals surface area contributed by atoms with E-state index >= 15 is 0 Å². The molecule has 0 spiro atoms. The van der Waals surface area contributed by atoms with Crippen molar-refractivity contribution in [1.82, 2.24) is 24.8 Å². The van der Waals surface area contributed by atoms with Gasteiger partial charge in [-0.15, -0.1) is 0 Å². The lowest BCUT2D eigenvalue weighted by atomic mass is 10.1. The van der Waals surface area contributed by atoms with Gasteiger partial charge in [-0.25, -0.2) is 19.2 Å². The van der Waals surface area contributed by atoms with Crippen LogP contribution in [0.5, 0.6) is 0 Å². The molecule has 3 aromatic rings. The molecule has 144 valence electrons. The van der Waals surface area contributed by atoms with Crippen molar-refractivity contribution in [1.29, 1.82) is 0 Å². The van der Waals surface area contributed by atoms with Gasteiger partial charge >= 0.3 is 6.03 Å². The van der Waals surface area contributed by atoms with E-state index in [1.807, 2.05) is 18.3 Å². The Balaban J connectivity index is 1.34. The zero-order chi connectivity index (χ0) is 19.3. The molecule has 2 amide bonds. The molecular weight excluding hydrogens is 361 g/mol. The summed E-state index contributed by atoms with van der Waals surface area (Å²) in [6.45, 7) is 1.50. The predicted molar refractivity (Wildman–Crippen MR) is 100 cm³/mol. The number of carbonyl (C=O) groups excluding carboxylic acids is 1. The Labute approximate surface area is 161 Å². The van der Waals surface area contributed by atoms with Crippen LogP contribution in [0, 0.1) is 5.82 Å². The lowest BCUT2D eigenvalue weighted by Crippen LogP contribution is -2.47. The topological polar surface area (TPSA) is 72.3 Å². The Bertz CT molecular complexity index is 930. The highest BCUT2D eigenvalue weighted by Gasteiger charge is 2.26. The van der Waals surface area contributed by atoms with Crippen molar-refractivity contribution in [2.45, 2.75) is 12.6 Å². The summed E-state index contributed by atoms with van der Waals surface area (Å²) in [7, 11) is 0. The third kappa shape index (κ3) is 4.01. The average molecular weight is 381 g/mol. The molecule has 2 aromatic heterocycles. The summed E-state index contributed by atoms with van der Waals surface area (Å²) in [6, 6.07) is 10.1. The number of rotatable bonds is 4. The molecule has 1 fully saturated rings. The summed E-state index contributed by atoms with van der Waals surface area (Å²) in [5, 5.41) is 2.89. The Kier molecular flexibility index (Phi) is 5.29. The van der Waals surface area contributed by atoms with Crippen molar-refractivity contribution in [2.24, 2.45) is 0 Å². The second kappa shape index (κ2) is 8.18. The average Bonchev–Trinajstić information content (AvgIpc) is 3.28. The van der Waals surface area contributed by atoms with E-state index in [1.165, 1.54) is 6.07 Å². The van der Waals surface area contributed by atoms with Crippen molar-refractivity contribution in [3.05, 3.63) is 78.3 Å². The van der Waals surface area contributed by atoms with Gasteiger partial charge in [-0.3, -0.25) is 4.57 Å². The van der Waals surface area contributed by atoms with E-state index in [2.05, 4.69) is 15.3 Å². The fraction of sp³-hybridized carbons (Fsp3) is 0.250. The second-order valence-electron chi connectivity index (χ2n) is 6.48. The van der Waals surface area contributed by atoms with E-state index in [9.17, 15) is 9.18 Å². The zero-order valence-corrected chi connectivity index (χ0v) is 15.2. The van der Waals surface area contributed by atoms with E-state index in [0.29, 0.717) is 31.8 Å². The van der Waals surface area contributed by atoms with Gasteiger partial charge in [0.1, 0.15) is 24.1 Å². The quantitative estimate of drug-likeness (QED) is 0.754. The molecule has 1 N–H and O–H groups in total. The van der Waals surface area contributed by atoms with Crippen molar-refractivity contribution < 1.29 is 13.9 Å². The third-order valence-electron chi connectivity index (χ3n) is 4.63. The standard InChI is InChI=1S/C20H20FN5O2/c21-17-4-2-1-3-16(17)18-13-25(9-10-28-18)20(27)24-12-15-5-6-19(23-11-15)26-8-7-22-14-26/h1-8,11,14,18H,9-10,12-13H2,(H,24,27). The number of aromatic nitrogens is 3. The number of amides is 2. The summed E-state index contributed by atoms with van der Waals surface area (Å²) in [4.78, 5) is 22.5. The molecule has 4 rings (SSSR count). The molecule has 0 bridgehead atoms. The van der Waals surface area contributed by atoms with Gasteiger partial charge in [0.05, 0.1) is 13.2 Å². The number of hydrogen-bond donors (Lipinski definition) is 1. The number of nitrogens with zero attached hydrogens (tertiary/aromatic N) is 4. The molecule has 8 heteroatoms. The Morgan fingerprint density at radius 3 is 2.93 bits per heavy atom. The monoisotopic (exact) mass is 381 g/mol. The minimum absolute atomic E-state index is 0.205. The molecule has 1 unspecified atom stereocenters. The molecular formula is C20H20FN5O2. The van der Waals surface area contributed by atoms with E-state index in [1.54, 1.807) is 46.4 Å². The molecule has 1 aromatic carbocycles. The molecule has 0 saturated carbocycles. The Morgan fingerprint density at radius 1 is 1.29 bits per heavy atom. The molecule has 0 aliphatic carbocycles. The molecule has 1 aliphatic rings. The summed E-state index contributed by atoms with van der Waals surface area (Å²) < 4.78 is 21.5. The van der Waals surface area contributed by atoms with Crippen LogP contribution in [0.4, 0.5) is 9.18 Å². The number of morpholine rings is 1. The Hall–Kier alpha value is -3.26. The van der Waals surface area contributed by atoms with Crippen LogP contribution in [-0.2, 0) is 11.3 Å². The van der Waals surface area contributed by atoms with E-state index in [0.717, 1.165) is 11.4 Å². The molecule has 7 nitrogen and oxygen atoms in total. The number of carbonyl (C=O) groups is 1. The highest BCUT2D eigenvalue weighted by atomic mass is 19.1. The molecule has 3 heterocycles. The lowest BCUT2D eigenvalue weighted by Gasteiger charge is -2.33. The predicted octanol–water partition coefficient (Wildman–Crippen LogP) is 2.69. The Morgan fingerprint density at radius 2 is 2.18 bits per heavy atom. The highest BCUT2D eigenvalue weighted by Crippen LogP contribution is 2.24. The molecule has 28 heavy (non-hydrogen) atoms. The summed E-state index contributed by atoms with van der Waals surface area (Å²) in [5.74, 6) is 0.437. The number of urea groups is 1. The van der Waals surface area contributed by atoms with Gasteiger partial charge in [0, 0.05) is 37.2 Å². The first kappa shape index (κ1) is 18.1. The maximum atomic E-state index is 14.0. The minimum Gasteiger partial charge on any atom is -0.370 e. The van der Waals surface area contributed by atoms with Gasteiger partial charge in [0.25, 0.3) is 0 Å². The van der Waals surface area contributed by atoms with Crippen LogP contribution >= 0.6 is 0 Å². The number of ether oxygens (including phenoxy) is 1. The summed E-state index contributed by atoms with van der Waals surface area (Å²) in [5.41, 5.74) is 1.36. The van der Waals surface area contributed by atoms with Crippen molar-refractivity contribution >= 4 is 6.03 Å². The van der Waals surface area contributed by atoms with Crippen LogP contribution in [0.2, 0.25) is 0 Å².